The molecule has 0 bridgehead atoms. The van der Waals surface area contributed by atoms with Crippen molar-refractivity contribution >= 4 is 56.8 Å². The van der Waals surface area contributed by atoms with Crippen molar-refractivity contribution < 1.29 is 28.0 Å². The van der Waals surface area contributed by atoms with Gasteiger partial charge in [0, 0.05) is 42.9 Å². The van der Waals surface area contributed by atoms with Gasteiger partial charge in [0.05, 0.1) is 22.5 Å². The third kappa shape index (κ3) is 4.16. The Bertz CT molecular complexity index is 1490. The summed E-state index contributed by atoms with van der Waals surface area (Å²) < 4.78 is 31.0. The maximum atomic E-state index is 15.5. The van der Waals surface area contributed by atoms with Gasteiger partial charge in [-0.2, -0.15) is 13.8 Å². The van der Waals surface area contributed by atoms with Crippen LogP contribution in [0.2, 0.25) is 0 Å². The van der Waals surface area contributed by atoms with Gasteiger partial charge in [0.1, 0.15) is 5.82 Å². The summed E-state index contributed by atoms with van der Waals surface area (Å²) >= 11 is 3.33. The summed E-state index contributed by atoms with van der Waals surface area (Å²) in [4.78, 5) is 58.1. The number of aromatic nitrogens is 1. The number of pyridine rings is 1. The van der Waals surface area contributed by atoms with Gasteiger partial charge in [-0.25, -0.2) is 0 Å². The molecule has 2 aromatic carbocycles. The Morgan fingerprint density at radius 1 is 1.05 bits per heavy atom. The topological polar surface area (TPSA) is 90.9 Å². The molecule has 0 spiro atoms. The van der Waals surface area contributed by atoms with E-state index in [1.807, 2.05) is 0 Å². The van der Waals surface area contributed by atoms with E-state index in [0.29, 0.717) is 15.6 Å². The molecule has 3 aromatic rings. The average Bonchev–Trinajstić information content (AvgIpc) is 3.35. The molecule has 3 heterocycles. The summed E-state index contributed by atoms with van der Waals surface area (Å²) in [6, 6.07) is 13.0. The van der Waals surface area contributed by atoms with Crippen LogP contribution in [0.3, 0.4) is 0 Å². The fourth-order valence-electron chi connectivity index (χ4n) is 5.05. The predicted molar refractivity (Wildman–Crippen MR) is 138 cm³/mol. The molecule has 0 aliphatic carbocycles. The highest BCUT2D eigenvalue weighted by atomic mass is 79.9. The third-order valence-corrected chi connectivity index (χ3v) is 7.21. The maximum Gasteiger partial charge on any atom is 0.261 e. The lowest BCUT2D eigenvalue weighted by Crippen LogP contribution is -2.33. The first kappa shape index (κ1) is 25.7. The van der Waals surface area contributed by atoms with E-state index in [1.54, 1.807) is 48.5 Å². The molecule has 8 nitrogen and oxygen atoms in total. The number of rotatable bonds is 5. The number of fused-ring (bicyclic) bond motifs is 2. The lowest BCUT2D eigenvalue weighted by atomic mass is 9.96. The summed E-state index contributed by atoms with van der Waals surface area (Å²) in [5, 5.41) is 0. The van der Waals surface area contributed by atoms with Crippen LogP contribution in [-0.4, -0.2) is 46.6 Å². The van der Waals surface area contributed by atoms with Crippen LogP contribution in [0.5, 0.6) is 0 Å². The van der Waals surface area contributed by atoms with Crippen LogP contribution in [0.15, 0.2) is 53.0 Å². The molecule has 4 amide bonds. The molecule has 1 atom stereocenters. The first-order valence-electron chi connectivity index (χ1n) is 11.8. The Balaban J connectivity index is 1.59. The number of imide groups is 1. The van der Waals surface area contributed by atoms with Gasteiger partial charge in [0.25, 0.3) is 17.8 Å². The van der Waals surface area contributed by atoms with Gasteiger partial charge in [0.2, 0.25) is 17.6 Å². The number of hydrogen-bond donors (Lipinski definition) is 0. The number of carbonyl (C=O) groups excluding carboxylic acids is 4. The van der Waals surface area contributed by atoms with Crippen molar-refractivity contribution in [2.24, 2.45) is 0 Å². The van der Waals surface area contributed by atoms with E-state index in [2.05, 4.69) is 20.9 Å². The van der Waals surface area contributed by atoms with E-state index in [0.717, 1.165) is 9.80 Å². The number of halogens is 3. The average molecular weight is 583 g/mol. The quantitative estimate of drug-likeness (QED) is 0.314. The highest BCUT2D eigenvalue weighted by molar-refractivity contribution is 9.10. The van der Waals surface area contributed by atoms with Gasteiger partial charge in [-0.3, -0.25) is 33.9 Å². The van der Waals surface area contributed by atoms with Gasteiger partial charge < -0.3 is 0 Å². The van der Waals surface area contributed by atoms with Crippen molar-refractivity contribution in [1.82, 2.24) is 9.88 Å². The second-order valence-corrected chi connectivity index (χ2v) is 9.98. The van der Waals surface area contributed by atoms with Gasteiger partial charge in [-0.1, -0.05) is 34.1 Å². The molecule has 2 aliphatic rings. The van der Waals surface area contributed by atoms with Gasteiger partial charge in [-0.15, -0.1) is 0 Å². The zero-order chi connectivity index (χ0) is 27.3. The standard InChI is InChI=1S/C27H21BrF2N4O4/c1-14(35)33-13-16(10-11-32-26(37)19-8-3-4-9-20(19)27(32)38)21-23(22(29)24(30)31-25(21)33)34(15(2)36)18-7-5-6-17(28)12-18/h3-9,12,16H,10-11,13H2,1-2H3. The summed E-state index contributed by atoms with van der Waals surface area (Å²) in [5.41, 5.74) is 0.671. The SMILES string of the molecule is CC(=O)N1CC(CCN2C(=O)c3ccccc3C2=O)c2c1nc(F)c(F)c2N(C(C)=O)c1cccc(Br)c1. The molecule has 11 heteroatoms. The van der Waals surface area contributed by atoms with E-state index in [9.17, 15) is 23.6 Å². The monoisotopic (exact) mass is 582 g/mol. The van der Waals surface area contributed by atoms with Crippen LogP contribution in [0, 0.1) is 11.8 Å². The third-order valence-electron chi connectivity index (χ3n) is 6.72. The first-order chi connectivity index (χ1) is 18.1. The molecule has 0 N–H and O–H groups in total. The maximum absolute atomic E-state index is 15.5. The van der Waals surface area contributed by atoms with E-state index >= 15 is 4.39 Å². The highest BCUT2D eigenvalue weighted by Crippen LogP contribution is 2.47. The molecule has 38 heavy (non-hydrogen) atoms. The lowest BCUT2D eigenvalue weighted by Gasteiger charge is -2.26. The Morgan fingerprint density at radius 3 is 2.29 bits per heavy atom. The summed E-state index contributed by atoms with van der Waals surface area (Å²) in [6.45, 7) is 2.48. The van der Waals surface area contributed by atoms with Gasteiger partial charge in [0.15, 0.2) is 0 Å². The van der Waals surface area contributed by atoms with Crippen molar-refractivity contribution in [3.05, 3.63) is 81.5 Å². The first-order valence-corrected chi connectivity index (χ1v) is 12.6. The zero-order valence-corrected chi connectivity index (χ0v) is 22.0. The molecule has 0 fully saturated rings. The largest absolute Gasteiger partial charge is 0.296 e. The van der Waals surface area contributed by atoms with E-state index in [4.69, 9.17) is 0 Å². The Labute approximate surface area is 225 Å². The van der Waals surface area contributed by atoms with Crippen LogP contribution in [0.4, 0.5) is 26.0 Å². The van der Waals surface area contributed by atoms with Gasteiger partial charge >= 0.3 is 0 Å². The smallest absolute Gasteiger partial charge is 0.261 e. The van der Waals surface area contributed by atoms with Gasteiger partial charge in [-0.05, 0) is 36.8 Å². The van der Waals surface area contributed by atoms with E-state index in [1.165, 1.54) is 18.7 Å². The minimum Gasteiger partial charge on any atom is -0.296 e. The number of benzene rings is 2. The number of amides is 4. The molecule has 0 saturated heterocycles. The van der Waals surface area contributed by atoms with Crippen molar-refractivity contribution in [3.63, 3.8) is 0 Å². The second-order valence-electron chi connectivity index (χ2n) is 9.06. The van der Waals surface area contributed by atoms with Crippen molar-refractivity contribution in [3.8, 4) is 0 Å². The Hall–Kier alpha value is -3.99. The lowest BCUT2D eigenvalue weighted by molar-refractivity contribution is -0.117. The van der Waals surface area contributed by atoms with Crippen LogP contribution < -0.4 is 9.80 Å². The van der Waals surface area contributed by atoms with Crippen LogP contribution in [0.1, 0.15) is 52.5 Å². The molecule has 0 saturated carbocycles. The molecule has 1 aromatic heterocycles. The van der Waals surface area contributed by atoms with Crippen LogP contribution >= 0.6 is 15.9 Å². The van der Waals surface area contributed by atoms with Crippen LogP contribution in [0.25, 0.3) is 0 Å². The highest BCUT2D eigenvalue weighted by Gasteiger charge is 2.42. The molecule has 0 radical (unpaired) electrons. The molecule has 2 aliphatic heterocycles. The molecular weight excluding hydrogens is 562 g/mol. The molecule has 194 valence electrons. The molecular formula is C27H21BrF2N4O4. The summed E-state index contributed by atoms with van der Waals surface area (Å²) in [7, 11) is 0. The Kier molecular flexibility index (Phi) is 6.56. The molecule has 1 unspecified atom stereocenters. The van der Waals surface area contributed by atoms with E-state index in [-0.39, 0.29) is 42.3 Å². The number of hydrogen-bond acceptors (Lipinski definition) is 5. The summed E-state index contributed by atoms with van der Waals surface area (Å²) in [6.07, 6.45) is 0.131. The summed E-state index contributed by atoms with van der Waals surface area (Å²) in [5.74, 6) is -5.47. The normalized spacial score (nSPS) is 16.1. The number of anilines is 3. The Morgan fingerprint density at radius 2 is 1.71 bits per heavy atom. The second kappa shape index (κ2) is 9.71. The number of carbonyl (C=O) groups is 4. The zero-order valence-electron chi connectivity index (χ0n) is 20.4. The van der Waals surface area contributed by atoms with Crippen molar-refractivity contribution in [2.45, 2.75) is 26.2 Å². The van der Waals surface area contributed by atoms with Crippen molar-refractivity contribution in [1.29, 1.82) is 0 Å². The molecule has 5 rings (SSSR count). The van der Waals surface area contributed by atoms with Crippen molar-refractivity contribution in [2.75, 3.05) is 22.9 Å². The fourth-order valence-corrected chi connectivity index (χ4v) is 5.43. The van der Waals surface area contributed by atoms with E-state index < -0.39 is 41.3 Å². The number of nitrogens with zero attached hydrogens (tertiary/aromatic N) is 4. The predicted octanol–water partition coefficient (Wildman–Crippen LogP) is 4.94. The fraction of sp³-hybridized carbons (Fsp3) is 0.222. The minimum absolute atomic E-state index is 0.0148. The van der Waals surface area contributed by atoms with Crippen LogP contribution in [-0.2, 0) is 9.59 Å². The minimum atomic E-state index is -1.45.